The lowest BCUT2D eigenvalue weighted by atomic mass is 9.94. The first-order valence-electron chi connectivity index (χ1n) is 12.3. The quantitative estimate of drug-likeness (QED) is 0.247. The van der Waals surface area contributed by atoms with Gasteiger partial charge in [0.15, 0.2) is 0 Å². The zero-order valence-corrected chi connectivity index (χ0v) is 21.7. The van der Waals surface area contributed by atoms with Gasteiger partial charge in [0.1, 0.15) is 17.3 Å². The summed E-state index contributed by atoms with van der Waals surface area (Å²) < 4.78 is 19.5. The van der Waals surface area contributed by atoms with Crippen molar-refractivity contribution < 1.29 is 23.8 Å². The van der Waals surface area contributed by atoms with Gasteiger partial charge in [-0.25, -0.2) is 4.39 Å². The second-order valence-corrected chi connectivity index (χ2v) is 9.07. The third-order valence-corrected chi connectivity index (χ3v) is 6.82. The number of Topliss-reactive ketones (excluding diaryl/α,β-unsaturated/α-hetero) is 1. The number of carbonyl (C=O) groups is 2. The number of aliphatic hydroxyl groups excluding tert-OH is 1. The van der Waals surface area contributed by atoms with E-state index in [0.29, 0.717) is 11.3 Å². The van der Waals surface area contributed by atoms with Gasteiger partial charge in [-0.3, -0.25) is 14.5 Å². The number of aryl methyl sites for hydroxylation is 2. The number of benzene rings is 3. The molecule has 37 heavy (non-hydrogen) atoms. The zero-order valence-electron chi connectivity index (χ0n) is 21.7. The van der Waals surface area contributed by atoms with Crippen LogP contribution in [-0.4, -0.2) is 37.0 Å². The predicted octanol–water partition coefficient (Wildman–Crippen LogP) is 5.92. The van der Waals surface area contributed by atoms with Gasteiger partial charge in [-0.15, -0.1) is 0 Å². The van der Waals surface area contributed by atoms with Gasteiger partial charge >= 0.3 is 0 Å². The highest BCUT2D eigenvalue weighted by Crippen LogP contribution is 2.44. The molecule has 0 spiro atoms. The van der Waals surface area contributed by atoms with Crippen LogP contribution in [0.15, 0.2) is 66.2 Å². The Morgan fingerprint density at radius 3 is 2.30 bits per heavy atom. The average Bonchev–Trinajstić information content (AvgIpc) is 3.16. The smallest absolute Gasteiger partial charge is 0.300 e. The lowest BCUT2D eigenvalue weighted by molar-refractivity contribution is -0.132. The molecule has 1 aliphatic heterocycles. The minimum absolute atomic E-state index is 0.00576. The van der Waals surface area contributed by atoms with E-state index in [9.17, 15) is 19.1 Å². The summed E-state index contributed by atoms with van der Waals surface area (Å²) in [5.41, 5.74) is 3.84. The molecule has 0 aromatic heterocycles. The predicted molar refractivity (Wildman–Crippen MR) is 144 cm³/mol. The van der Waals surface area contributed by atoms with Crippen LogP contribution < -0.4 is 14.5 Å². The molecule has 0 radical (unpaired) electrons. The van der Waals surface area contributed by atoms with Crippen LogP contribution in [-0.2, 0) is 9.59 Å². The minimum Gasteiger partial charge on any atom is -0.507 e. The summed E-state index contributed by atoms with van der Waals surface area (Å²) in [7, 11) is 1.39. The van der Waals surface area contributed by atoms with E-state index >= 15 is 0 Å². The summed E-state index contributed by atoms with van der Waals surface area (Å²) >= 11 is 0. The number of rotatable bonds is 7. The maximum absolute atomic E-state index is 14.2. The van der Waals surface area contributed by atoms with E-state index in [0.717, 1.165) is 36.0 Å². The number of anilines is 2. The maximum atomic E-state index is 14.2. The molecule has 1 unspecified atom stereocenters. The van der Waals surface area contributed by atoms with Crippen molar-refractivity contribution in [1.29, 1.82) is 0 Å². The van der Waals surface area contributed by atoms with Gasteiger partial charge in [0.05, 0.1) is 24.3 Å². The highest BCUT2D eigenvalue weighted by atomic mass is 19.1. The van der Waals surface area contributed by atoms with E-state index in [2.05, 4.69) is 18.7 Å². The summed E-state index contributed by atoms with van der Waals surface area (Å²) in [6, 6.07) is 16.0. The molecule has 1 amide bonds. The number of halogens is 1. The van der Waals surface area contributed by atoms with Crippen molar-refractivity contribution in [2.24, 2.45) is 0 Å². The van der Waals surface area contributed by atoms with Crippen molar-refractivity contribution in [1.82, 2.24) is 0 Å². The van der Waals surface area contributed by atoms with Gasteiger partial charge < -0.3 is 14.7 Å². The van der Waals surface area contributed by atoms with Gasteiger partial charge in [-0.1, -0.05) is 24.3 Å². The minimum atomic E-state index is -0.917. The highest BCUT2D eigenvalue weighted by Gasteiger charge is 2.47. The summed E-state index contributed by atoms with van der Waals surface area (Å²) in [5, 5.41) is 11.4. The van der Waals surface area contributed by atoms with Gasteiger partial charge in [0.2, 0.25) is 0 Å². The lowest BCUT2D eigenvalue weighted by Gasteiger charge is -2.28. The second kappa shape index (κ2) is 10.5. The Morgan fingerprint density at radius 1 is 1.00 bits per heavy atom. The topological polar surface area (TPSA) is 70.1 Å². The standard InChI is InChI=1S/C30H31FN2O4/c1-6-32(7-2)22-13-10-20(11-14-22)27-26(28(34)23-17-21(31)12-15-25(23)37-5)29(35)30(36)33(27)24-16-18(3)8-9-19(24)4/h8-17,27,34H,6-7H2,1-5H3/b28-26+. The van der Waals surface area contributed by atoms with Crippen LogP contribution in [0.5, 0.6) is 5.75 Å². The van der Waals surface area contributed by atoms with Crippen LogP contribution in [0, 0.1) is 19.7 Å². The molecule has 1 fully saturated rings. The molecule has 1 heterocycles. The van der Waals surface area contributed by atoms with E-state index < -0.39 is 29.3 Å². The van der Waals surface area contributed by atoms with E-state index in [-0.39, 0.29) is 16.9 Å². The summed E-state index contributed by atoms with van der Waals surface area (Å²) in [4.78, 5) is 30.6. The molecule has 1 atom stereocenters. The van der Waals surface area contributed by atoms with Gasteiger partial charge in [-0.05, 0) is 80.8 Å². The van der Waals surface area contributed by atoms with Crippen molar-refractivity contribution >= 4 is 28.8 Å². The first-order chi connectivity index (χ1) is 17.7. The number of amides is 1. The SMILES string of the molecule is CCN(CC)c1ccc(C2/C(=C(\O)c3cc(F)ccc3OC)C(=O)C(=O)N2c2cc(C)ccc2C)cc1. The van der Waals surface area contributed by atoms with Crippen LogP contribution in [0.25, 0.3) is 5.76 Å². The van der Waals surface area contributed by atoms with E-state index in [1.165, 1.54) is 24.1 Å². The first kappa shape index (κ1) is 25.9. The van der Waals surface area contributed by atoms with Crippen LogP contribution in [0.1, 0.15) is 42.1 Å². The summed E-state index contributed by atoms with van der Waals surface area (Å²) in [6.45, 7) is 9.57. The molecule has 4 rings (SSSR count). The molecule has 0 bridgehead atoms. The Labute approximate surface area is 216 Å². The third kappa shape index (κ3) is 4.69. The average molecular weight is 503 g/mol. The van der Waals surface area contributed by atoms with Crippen molar-refractivity contribution in [3.8, 4) is 5.75 Å². The van der Waals surface area contributed by atoms with Gasteiger partial charge in [0.25, 0.3) is 11.7 Å². The molecule has 0 aliphatic carbocycles. The van der Waals surface area contributed by atoms with Crippen molar-refractivity contribution in [2.45, 2.75) is 33.7 Å². The van der Waals surface area contributed by atoms with Crippen molar-refractivity contribution in [2.75, 3.05) is 30.0 Å². The Kier molecular flexibility index (Phi) is 7.34. The van der Waals surface area contributed by atoms with Crippen LogP contribution in [0.3, 0.4) is 0 Å². The largest absolute Gasteiger partial charge is 0.507 e. The van der Waals surface area contributed by atoms with E-state index in [1.807, 2.05) is 56.3 Å². The molecule has 0 saturated carbocycles. The number of carbonyl (C=O) groups excluding carboxylic acids is 2. The summed E-state index contributed by atoms with van der Waals surface area (Å²) in [5.74, 6) is -2.51. The Hall–Kier alpha value is -4.13. The van der Waals surface area contributed by atoms with Crippen LogP contribution >= 0.6 is 0 Å². The number of ether oxygens (including phenoxy) is 1. The first-order valence-corrected chi connectivity index (χ1v) is 12.3. The molecule has 1 aliphatic rings. The lowest BCUT2D eigenvalue weighted by Crippen LogP contribution is -2.30. The fourth-order valence-corrected chi connectivity index (χ4v) is 4.84. The molecular formula is C30H31FN2O4. The van der Waals surface area contributed by atoms with E-state index in [1.54, 1.807) is 0 Å². The molecule has 192 valence electrons. The normalized spacial score (nSPS) is 16.8. The molecule has 7 heteroatoms. The Morgan fingerprint density at radius 2 is 1.68 bits per heavy atom. The molecule has 3 aromatic carbocycles. The fourth-order valence-electron chi connectivity index (χ4n) is 4.84. The number of hydrogen-bond acceptors (Lipinski definition) is 5. The number of methoxy groups -OCH3 is 1. The van der Waals surface area contributed by atoms with Crippen molar-refractivity contribution in [3.63, 3.8) is 0 Å². The number of nitrogens with zero attached hydrogens (tertiary/aromatic N) is 2. The number of aliphatic hydroxyl groups is 1. The highest BCUT2D eigenvalue weighted by molar-refractivity contribution is 6.51. The number of hydrogen-bond donors (Lipinski definition) is 1. The Bertz CT molecular complexity index is 1380. The van der Waals surface area contributed by atoms with Crippen LogP contribution in [0.2, 0.25) is 0 Å². The fraction of sp³-hybridized carbons (Fsp3) is 0.267. The van der Waals surface area contributed by atoms with Gasteiger partial charge in [0, 0.05) is 24.5 Å². The van der Waals surface area contributed by atoms with E-state index in [4.69, 9.17) is 4.74 Å². The monoisotopic (exact) mass is 502 g/mol. The Balaban J connectivity index is 1.97. The molecule has 3 aromatic rings. The molecule has 1 N–H and O–H groups in total. The summed E-state index contributed by atoms with van der Waals surface area (Å²) in [6.07, 6.45) is 0. The third-order valence-electron chi connectivity index (χ3n) is 6.82. The van der Waals surface area contributed by atoms with Gasteiger partial charge in [-0.2, -0.15) is 0 Å². The molecule has 1 saturated heterocycles. The maximum Gasteiger partial charge on any atom is 0.300 e. The number of ketones is 1. The van der Waals surface area contributed by atoms with Crippen molar-refractivity contribution in [3.05, 3.63) is 94.3 Å². The molecular weight excluding hydrogens is 471 g/mol. The molecule has 6 nitrogen and oxygen atoms in total. The zero-order chi connectivity index (χ0) is 26.9. The van der Waals surface area contributed by atoms with Crippen LogP contribution in [0.4, 0.5) is 15.8 Å². The second-order valence-electron chi connectivity index (χ2n) is 9.07.